The molecule has 0 aromatic heterocycles. The lowest BCUT2D eigenvalue weighted by molar-refractivity contribution is 0.0161. The Bertz CT molecular complexity index is 637. The van der Waals surface area contributed by atoms with E-state index in [1.54, 1.807) is 12.1 Å². The molecule has 1 aromatic carbocycles. The van der Waals surface area contributed by atoms with Crippen LogP contribution in [0.4, 0.5) is 0 Å². The quantitative estimate of drug-likeness (QED) is 0.560. The smallest absolute Gasteiger partial charge is 0.294 e. The largest absolute Gasteiger partial charge is 0.390 e. The van der Waals surface area contributed by atoms with Crippen LogP contribution in [-0.2, 0) is 10.1 Å². The Balaban J connectivity index is 0.000000243. The van der Waals surface area contributed by atoms with Crippen molar-refractivity contribution in [1.29, 1.82) is 0 Å². The van der Waals surface area contributed by atoms with Crippen molar-refractivity contribution in [2.45, 2.75) is 43.3 Å². The molecule has 1 aromatic rings. The van der Waals surface area contributed by atoms with Crippen molar-refractivity contribution >= 4 is 10.1 Å². The number of rotatable bonds is 4. The molecular formula is C17H27NO5S. The van der Waals surface area contributed by atoms with Crippen molar-refractivity contribution in [3.63, 3.8) is 0 Å². The minimum atomic E-state index is -4.02. The van der Waals surface area contributed by atoms with Crippen molar-refractivity contribution in [2.24, 2.45) is 0 Å². The van der Waals surface area contributed by atoms with E-state index in [4.69, 9.17) is 4.55 Å². The fraction of sp³-hybridized carbons (Fsp3) is 0.529. The first-order valence-electron chi connectivity index (χ1n) is 7.82. The summed E-state index contributed by atoms with van der Waals surface area (Å²) in [5.41, 5.74) is 2.23. The van der Waals surface area contributed by atoms with E-state index < -0.39 is 22.3 Å². The van der Waals surface area contributed by atoms with E-state index in [-0.39, 0.29) is 4.90 Å². The van der Waals surface area contributed by atoms with Crippen molar-refractivity contribution in [3.8, 4) is 0 Å². The lowest BCUT2D eigenvalue weighted by atomic mass is 9.92. The molecule has 0 aliphatic heterocycles. The van der Waals surface area contributed by atoms with Crippen LogP contribution in [0.25, 0.3) is 0 Å². The third-order valence-corrected chi connectivity index (χ3v) is 4.63. The predicted molar refractivity (Wildman–Crippen MR) is 93.5 cm³/mol. The second-order valence-electron chi connectivity index (χ2n) is 6.28. The van der Waals surface area contributed by atoms with Gasteiger partial charge in [0.2, 0.25) is 0 Å². The maximum Gasteiger partial charge on any atom is 0.294 e. The van der Waals surface area contributed by atoms with Gasteiger partial charge in [-0.3, -0.25) is 4.55 Å². The van der Waals surface area contributed by atoms with E-state index in [2.05, 4.69) is 11.0 Å². The average Bonchev–Trinajstić information content (AvgIpc) is 2.48. The van der Waals surface area contributed by atoms with Crippen LogP contribution in [0, 0.1) is 6.92 Å². The van der Waals surface area contributed by atoms with Gasteiger partial charge >= 0.3 is 0 Å². The van der Waals surface area contributed by atoms with Gasteiger partial charge in [0.25, 0.3) is 10.1 Å². The Labute approximate surface area is 144 Å². The van der Waals surface area contributed by atoms with Crippen LogP contribution < -0.4 is 0 Å². The molecule has 0 saturated heterocycles. The molecular weight excluding hydrogens is 330 g/mol. The average molecular weight is 357 g/mol. The van der Waals surface area contributed by atoms with E-state index in [1.807, 2.05) is 21.0 Å². The van der Waals surface area contributed by atoms with Gasteiger partial charge in [-0.05, 0) is 52.4 Å². The summed E-state index contributed by atoms with van der Waals surface area (Å²) in [5, 5.41) is 18.7. The van der Waals surface area contributed by atoms with Gasteiger partial charge in [0, 0.05) is 6.54 Å². The van der Waals surface area contributed by atoms with Crippen LogP contribution >= 0.6 is 0 Å². The first kappa shape index (κ1) is 20.8. The second kappa shape index (κ2) is 9.29. The second-order valence-corrected chi connectivity index (χ2v) is 7.70. The normalized spacial score (nSPS) is 21.0. The summed E-state index contributed by atoms with van der Waals surface area (Å²) in [6.45, 7) is 2.85. The summed E-state index contributed by atoms with van der Waals surface area (Å²) in [4.78, 5) is 2.06. The zero-order valence-corrected chi connectivity index (χ0v) is 15.2. The SMILES string of the molecule is CN(C)CCC1=CC[C@@H](O)[C@@H](O)C1.Cc1ccc(S(=O)(=O)O)cc1. The molecule has 6 nitrogen and oxygen atoms in total. The molecule has 0 amide bonds. The van der Waals surface area contributed by atoms with Gasteiger partial charge in [0.1, 0.15) is 0 Å². The van der Waals surface area contributed by atoms with Crippen molar-refractivity contribution in [3.05, 3.63) is 41.5 Å². The first-order chi connectivity index (χ1) is 11.1. The highest BCUT2D eigenvalue weighted by Gasteiger charge is 2.21. The predicted octanol–water partition coefficient (Wildman–Crippen LogP) is 1.62. The molecule has 7 heteroatoms. The van der Waals surface area contributed by atoms with Crippen LogP contribution in [0.2, 0.25) is 0 Å². The zero-order valence-electron chi connectivity index (χ0n) is 14.4. The maximum absolute atomic E-state index is 10.5. The number of hydrogen-bond donors (Lipinski definition) is 3. The minimum Gasteiger partial charge on any atom is -0.390 e. The summed E-state index contributed by atoms with van der Waals surface area (Å²) in [7, 11) is 0.0532. The van der Waals surface area contributed by atoms with Crippen LogP contribution in [0.1, 0.15) is 24.8 Å². The molecule has 0 heterocycles. The third kappa shape index (κ3) is 7.55. The summed E-state index contributed by atoms with van der Waals surface area (Å²) < 4.78 is 29.6. The molecule has 0 bridgehead atoms. The number of hydrogen-bond acceptors (Lipinski definition) is 5. The fourth-order valence-electron chi connectivity index (χ4n) is 2.21. The van der Waals surface area contributed by atoms with E-state index in [1.165, 1.54) is 17.7 Å². The van der Waals surface area contributed by atoms with Gasteiger partial charge < -0.3 is 15.1 Å². The number of aryl methyl sites for hydroxylation is 1. The molecule has 3 N–H and O–H groups in total. The lowest BCUT2D eigenvalue weighted by Gasteiger charge is -2.24. The van der Waals surface area contributed by atoms with Crippen molar-refractivity contribution < 1.29 is 23.2 Å². The number of aliphatic hydroxyl groups excluding tert-OH is 2. The van der Waals surface area contributed by atoms with Crippen LogP contribution in [0.3, 0.4) is 0 Å². The Morgan fingerprint density at radius 3 is 2.17 bits per heavy atom. The fourth-order valence-corrected chi connectivity index (χ4v) is 2.69. The van der Waals surface area contributed by atoms with Gasteiger partial charge in [-0.25, -0.2) is 0 Å². The topological polar surface area (TPSA) is 98.1 Å². The summed E-state index contributed by atoms with van der Waals surface area (Å²) in [5.74, 6) is 0. The highest BCUT2D eigenvalue weighted by Crippen LogP contribution is 2.21. The molecule has 136 valence electrons. The Morgan fingerprint density at radius 2 is 1.71 bits per heavy atom. The Morgan fingerprint density at radius 1 is 1.12 bits per heavy atom. The summed E-state index contributed by atoms with van der Waals surface area (Å²) in [6.07, 6.45) is 3.18. The van der Waals surface area contributed by atoms with Gasteiger partial charge in [-0.1, -0.05) is 29.3 Å². The molecule has 2 atom stereocenters. The highest BCUT2D eigenvalue weighted by molar-refractivity contribution is 7.85. The molecule has 1 aliphatic carbocycles. The summed E-state index contributed by atoms with van der Waals surface area (Å²) in [6, 6.07) is 5.99. The zero-order chi connectivity index (χ0) is 18.3. The van der Waals surface area contributed by atoms with E-state index >= 15 is 0 Å². The lowest BCUT2D eigenvalue weighted by Crippen LogP contribution is -2.29. The Hall–Kier alpha value is -1.25. The molecule has 0 spiro atoms. The summed E-state index contributed by atoms with van der Waals surface area (Å²) >= 11 is 0. The van der Waals surface area contributed by atoms with Crippen molar-refractivity contribution in [1.82, 2.24) is 4.90 Å². The molecule has 0 fully saturated rings. The van der Waals surface area contributed by atoms with Gasteiger partial charge in [0.15, 0.2) is 0 Å². The molecule has 1 aliphatic rings. The first-order valence-corrected chi connectivity index (χ1v) is 9.26. The number of nitrogens with zero attached hydrogens (tertiary/aromatic N) is 1. The van der Waals surface area contributed by atoms with Gasteiger partial charge in [-0.2, -0.15) is 8.42 Å². The van der Waals surface area contributed by atoms with E-state index in [0.717, 1.165) is 18.5 Å². The van der Waals surface area contributed by atoms with Crippen LogP contribution in [0.5, 0.6) is 0 Å². The number of aliphatic hydroxyl groups is 2. The van der Waals surface area contributed by atoms with Crippen LogP contribution in [-0.4, -0.2) is 60.9 Å². The third-order valence-electron chi connectivity index (χ3n) is 3.76. The Kier molecular flexibility index (Phi) is 8.05. The standard InChI is InChI=1S/C10H19NO2.C7H8O3S/c1-11(2)6-5-8-3-4-9(12)10(13)7-8;1-6-2-4-7(5-3-6)11(8,9)10/h3,9-10,12-13H,4-7H2,1-2H3;2-5H,1H3,(H,8,9,10)/t9-,10+;/m1./s1. The molecule has 0 radical (unpaired) electrons. The minimum absolute atomic E-state index is 0.0666. The molecule has 0 unspecified atom stereocenters. The van der Waals surface area contributed by atoms with E-state index in [0.29, 0.717) is 12.8 Å². The number of benzene rings is 1. The van der Waals surface area contributed by atoms with Gasteiger partial charge in [0.05, 0.1) is 17.1 Å². The van der Waals surface area contributed by atoms with Crippen LogP contribution in [0.15, 0.2) is 40.8 Å². The highest BCUT2D eigenvalue weighted by atomic mass is 32.2. The maximum atomic E-state index is 10.5. The van der Waals surface area contributed by atoms with Gasteiger partial charge in [-0.15, -0.1) is 0 Å². The monoisotopic (exact) mass is 357 g/mol. The van der Waals surface area contributed by atoms with Crippen molar-refractivity contribution in [2.75, 3.05) is 20.6 Å². The molecule has 2 rings (SSSR count). The molecule has 0 saturated carbocycles. The van der Waals surface area contributed by atoms with E-state index in [9.17, 15) is 18.6 Å². The molecule has 24 heavy (non-hydrogen) atoms.